The van der Waals surface area contributed by atoms with Crippen LogP contribution in [0.5, 0.6) is 11.5 Å². The van der Waals surface area contributed by atoms with Crippen molar-refractivity contribution in [3.63, 3.8) is 0 Å². The molecule has 0 aromatic heterocycles. The van der Waals surface area contributed by atoms with E-state index in [0.29, 0.717) is 11.3 Å². The summed E-state index contributed by atoms with van der Waals surface area (Å²) in [6.45, 7) is 7.15. The molecule has 2 rings (SSSR count). The smallest absolute Gasteiger partial charge is 0.349 e. The predicted octanol–water partition coefficient (Wildman–Crippen LogP) is 3.85. The fraction of sp³-hybridized carbons (Fsp3) is 0.300. The standard InChI is InChI=1S/C20H22O5/c1-13(2)24-20(22)16-9-6-10-17(11-16)25-18(21)12-23-19-14(3)7-5-8-15(19)4/h5-11,13H,12H2,1-4H3. The van der Waals surface area contributed by atoms with Crippen LogP contribution in [0.25, 0.3) is 0 Å². The van der Waals surface area contributed by atoms with Crippen LogP contribution in [0.2, 0.25) is 0 Å². The molecule has 0 heterocycles. The molecule has 0 aliphatic carbocycles. The molecule has 0 spiro atoms. The third kappa shape index (κ3) is 5.35. The van der Waals surface area contributed by atoms with Gasteiger partial charge < -0.3 is 14.2 Å². The number of rotatable bonds is 6. The fourth-order valence-corrected chi connectivity index (χ4v) is 2.29. The van der Waals surface area contributed by atoms with Gasteiger partial charge in [-0.1, -0.05) is 24.3 Å². The molecule has 0 aliphatic heterocycles. The van der Waals surface area contributed by atoms with Crippen LogP contribution < -0.4 is 9.47 Å². The van der Waals surface area contributed by atoms with Gasteiger partial charge in [0.05, 0.1) is 11.7 Å². The van der Waals surface area contributed by atoms with Crippen molar-refractivity contribution >= 4 is 11.9 Å². The fourth-order valence-electron chi connectivity index (χ4n) is 2.29. The topological polar surface area (TPSA) is 61.8 Å². The van der Waals surface area contributed by atoms with Gasteiger partial charge in [0.25, 0.3) is 0 Å². The number of aryl methyl sites for hydroxylation is 2. The second kappa shape index (κ2) is 8.33. The van der Waals surface area contributed by atoms with E-state index in [1.54, 1.807) is 32.0 Å². The molecule has 25 heavy (non-hydrogen) atoms. The number of ether oxygens (including phenoxy) is 3. The minimum atomic E-state index is -0.544. The van der Waals surface area contributed by atoms with E-state index in [0.717, 1.165) is 11.1 Å². The molecule has 2 aromatic carbocycles. The Balaban J connectivity index is 1.98. The Morgan fingerprint density at radius 1 is 1.00 bits per heavy atom. The van der Waals surface area contributed by atoms with Gasteiger partial charge in [0.15, 0.2) is 6.61 Å². The van der Waals surface area contributed by atoms with E-state index in [1.807, 2.05) is 32.0 Å². The van der Waals surface area contributed by atoms with Gasteiger partial charge in [0.1, 0.15) is 11.5 Å². The molecule has 0 unspecified atom stereocenters. The minimum Gasteiger partial charge on any atom is -0.481 e. The number of hydrogen-bond donors (Lipinski definition) is 0. The molecular weight excluding hydrogens is 320 g/mol. The van der Waals surface area contributed by atoms with Gasteiger partial charge >= 0.3 is 11.9 Å². The van der Waals surface area contributed by atoms with Crippen molar-refractivity contribution < 1.29 is 23.8 Å². The maximum absolute atomic E-state index is 12.0. The lowest BCUT2D eigenvalue weighted by Gasteiger charge is -2.12. The second-order valence-electron chi connectivity index (χ2n) is 5.97. The number of esters is 2. The first-order valence-corrected chi connectivity index (χ1v) is 8.07. The number of hydrogen-bond acceptors (Lipinski definition) is 5. The molecule has 0 fully saturated rings. The SMILES string of the molecule is Cc1cccc(C)c1OCC(=O)Oc1cccc(C(=O)OC(C)C)c1. The van der Waals surface area contributed by atoms with Crippen LogP contribution in [0.4, 0.5) is 0 Å². The summed E-state index contributed by atoms with van der Waals surface area (Å²) < 4.78 is 15.9. The average Bonchev–Trinajstić information content (AvgIpc) is 2.54. The highest BCUT2D eigenvalue weighted by Crippen LogP contribution is 2.22. The van der Waals surface area contributed by atoms with Crippen LogP contribution in [0.15, 0.2) is 42.5 Å². The lowest BCUT2D eigenvalue weighted by Crippen LogP contribution is -2.18. The van der Waals surface area contributed by atoms with E-state index in [9.17, 15) is 9.59 Å². The zero-order chi connectivity index (χ0) is 18.4. The lowest BCUT2D eigenvalue weighted by atomic mass is 10.1. The first-order chi connectivity index (χ1) is 11.9. The molecule has 5 nitrogen and oxygen atoms in total. The number of benzene rings is 2. The molecule has 0 saturated carbocycles. The molecule has 0 saturated heterocycles. The summed E-state index contributed by atoms with van der Waals surface area (Å²) in [5.41, 5.74) is 2.23. The molecule has 0 aliphatic rings. The van der Waals surface area contributed by atoms with Crippen molar-refractivity contribution in [2.24, 2.45) is 0 Å². The number of carbonyl (C=O) groups is 2. The molecule has 0 amide bonds. The minimum absolute atomic E-state index is 0.216. The van der Waals surface area contributed by atoms with Crippen molar-refractivity contribution in [1.29, 1.82) is 0 Å². The number of carbonyl (C=O) groups excluding carboxylic acids is 2. The van der Waals surface area contributed by atoms with Gasteiger partial charge in [-0.25, -0.2) is 9.59 Å². The van der Waals surface area contributed by atoms with Gasteiger partial charge in [-0.3, -0.25) is 0 Å². The van der Waals surface area contributed by atoms with Crippen molar-refractivity contribution in [3.8, 4) is 11.5 Å². The highest BCUT2D eigenvalue weighted by Gasteiger charge is 2.13. The Hall–Kier alpha value is -2.82. The molecule has 0 atom stereocenters. The predicted molar refractivity (Wildman–Crippen MR) is 94.0 cm³/mol. The van der Waals surface area contributed by atoms with E-state index in [2.05, 4.69) is 0 Å². The third-order valence-electron chi connectivity index (χ3n) is 3.39. The van der Waals surface area contributed by atoms with Crippen LogP contribution in [0.1, 0.15) is 35.3 Å². The summed E-state index contributed by atoms with van der Waals surface area (Å²) in [6.07, 6.45) is -0.218. The van der Waals surface area contributed by atoms with Crippen LogP contribution in [-0.4, -0.2) is 24.6 Å². The normalized spacial score (nSPS) is 10.4. The van der Waals surface area contributed by atoms with Gasteiger partial charge in [0, 0.05) is 0 Å². The van der Waals surface area contributed by atoms with Crippen LogP contribution in [-0.2, 0) is 9.53 Å². The Kier molecular flexibility index (Phi) is 6.17. The van der Waals surface area contributed by atoms with Crippen molar-refractivity contribution in [2.75, 3.05) is 6.61 Å². The van der Waals surface area contributed by atoms with Gasteiger partial charge in [-0.2, -0.15) is 0 Å². The Bertz CT molecular complexity index is 744. The Morgan fingerprint density at radius 3 is 2.28 bits per heavy atom. The Labute approximate surface area is 147 Å². The average molecular weight is 342 g/mol. The molecule has 0 N–H and O–H groups in total. The van der Waals surface area contributed by atoms with E-state index in [4.69, 9.17) is 14.2 Å². The largest absolute Gasteiger partial charge is 0.481 e. The highest BCUT2D eigenvalue weighted by molar-refractivity contribution is 5.90. The van der Waals surface area contributed by atoms with Crippen LogP contribution in [0.3, 0.4) is 0 Å². The van der Waals surface area contributed by atoms with Crippen LogP contribution >= 0.6 is 0 Å². The second-order valence-corrected chi connectivity index (χ2v) is 5.97. The quantitative estimate of drug-likeness (QED) is 0.589. The van der Waals surface area contributed by atoms with E-state index < -0.39 is 11.9 Å². The molecule has 5 heteroatoms. The molecule has 132 valence electrons. The summed E-state index contributed by atoms with van der Waals surface area (Å²) in [5.74, 6) is -0.0567. The zero-order valence-electron chi connectivity index (χ0n) is 14.9. The highest BCUT2D eigenvalue weighted by atomic mass is 16.6. The van der Waals surface area contributed by atoms with Gasteiger partial charge in [0.2, 0.25) is 0 Å². The van der Waals surface area contributed by atoms with E-state index in [1.165, 1.54) is 6.07 Å². The van der Waals surface area contributed by atoms with Crippen molar-refractivity contribution in [1.82, 2.24) is 0 Å². The monoisotopic (exact) mass is 342 g/mol. The molecule has 0 bridgehead atoms. The third-order valence-corrected chi connectivity index (χ3v) is 3.39. The summed E-state index contributed by atoms with van der Waals surface area (Å²) in [7, 11) is 0. The summed E-state index contributed by atoms with van der Waals surface area (Å²) >= 11 is 0. The Morgan fingerprint density at radius 2 is 1.64 bits per heavy atom. The maximum atomic E-state index is 12.0. The molecule has 2 aromatic rings. The first-order valence-electron chi connectivity index (χ1n) is 8.07. The summed E-state index contributed by atoms with van der Waals surface area (Å²) in [4.78, 5) is 23.9. The number of para-hydroxylation sites is 1. The van der Waals surface area contributed by atoms with Gasteiger partial charge in [-0.15, -0.1) is 0 Å². The van der Waals surface area contributed by atoms with Crippen LogP contribution in [0, 0.1) is 13.8 Å². The van der Waals surface area contributed by atoms with E-state index in [-0.39, 0.29) is 18.5 Å². The van der Waals surface area contributed by atoms with Crippen molar-refractivity contribution in [2.45, 2.75) is 33.8 Å². The summed E-state index contributed by atoms with van der Waals surface area (Å²) in [6, 6.07) is 12.1. The first kappa shape index (κ1) is 18.5. The molecular formula is C20H22O5. The zero-order valence-corrected chi connectivity index (χ0v) is 14.9. The molecule has 0 radical (unpaired) electrons. The van der Waals surface area contributed by atoms with E-state index >= 15 is 0 Å². The maximum Gasteiger partial charge on any atom is 0.349 e. The van der Waals surface area contributed by atoms with Gasteiger partial charge in [-0.05, 0) is 57.0 Å². The lowest BCUT2D eigenvalue weighted by molar-refractivity contribution is -0.136. The summed E-state index contributed by atoms with van der Waals surface area (Å²) in [5, 5.41) is 0. The van der Waals surface area contributed by atoms with Crippen molar-refractivity contribution in [3.05, 3.63) is 59.2 Å².